The molecule has 0 atom stereocenters. The van der Waals surface area contributed by atoms with E-state index in [0.717, 1.165) is 0 Å². The third-order valence-electron chi connectivity index (χ3n) is 4.24. The number of carboxylic acids is 2. The third kappa shape index (κ3) is 4.35. The number of hydrogen-bond acceptors (Lipinski definition) is 4. The molecule has 0 fully saturated rings. The lowest BCUT2D eigenvalue weighted by atomic mass is 10.0. The van der Waals surface area contributed by atoms with Crippen LogP contribution >= 0.6 is 0 Å². The van der Waals surface area contributed by atoms with Crippen molar-refractivity contribution in [1.29, 1.82) is 0 Å². The van der Waals surface area contributed by atoms with Crippen LogP contribution in [0.2, 0.25) is 0 Å². The summed E-state index contributed by atoms with van der Waals surface area (Å²) in [6, 6.07) is 5.62. The Kier molecular flexibility index (Phi) is 5.83. The molecule has 2 aromatic rings. The first-order chi connectivity index (χ1) is 13.0. The molecule has 0 aliphatic carbocycles. The van der Waals surface area contributed by atoms with E-state index in [1.807, 2.05) is 0 Å². The molecule has 28 heavy (non-hydrogen) atoms. The molecule has 0 unspecified atom stereocenters. The van der Waals surface area contributed by atoms with E-state index < -0.39 is 23.8 Å². The second-order valence-corrected chi connectivity index (χ2v) is 6.49. The van der Waals surface area contributed by atoms with Gasteiger partial charge in [0.15, 0.2) is 0 Å². The Labute approximate surface area is 161 Å². The summed E-state index contributed by atoms with van der Waals surface area (Å²) in [5, 5.41) is 23.1. The topological polar surface area (TPSA) is 133 Å². The van der Waals surface area contributed by atoms with Crippen molar-refractivity contribution < 1.29 is 29.4 Å². The highest BCUT2D eigenvalue weighted by Crippen LogP contribution is 2.24. The number of carbonyl (C=O) groups is 4. The molecule has 0 saturated heterocycles. The molecule has 146 valence electrons. The Morgan fingerprint density at radius 2 is 0.857 bits per heavy atom. The first-order valence-electron chi connectivity index (χ1n) is 8.32. The third-order valence-corrected chi connectivity index (χ3v) is 4.24. The Bertz CT molecular complexity index is 882. The predicted octanol–water partition coefficient (Wildman–Crippen LogP) is 2.89. The molecule has 0 radical (unpaired) electrons. The van der Waals surface area contributed by atoms with Crippen molar-refractivity contribution in [2.45, 2.75) is 27.7 Å². The standard InChI is InChI=1S/C20H20N2O6/c1-9-5-13(19(25)26)6-10(2)15(9)21-17(23)18(24)22-16-11(3)7-14(20(27)28)8-12(16)4/h5-8H,1-4H3,(H,21,23)(H,22,24)(H,25,26)(H,27,28). The lowest BCUT2D eigenvalue weighted by Gasteiger charge is -2.15. The van der Waals surface area contributed by atoms with Gasteiger partial charge in [-0.05, 0) is 74.2 Å². The fourth-order valence-electron chi connectivity index (χ4n) is 2.91. The number of hydrogen-bond donors (Lipinski definition) is 4. The molecular formula is C20H20N2O6. The maximum atomic E-state index is 12.3. The largest absolute Gasteiger partial charge is 0.478 e. The van der Waals surface area contributed by atoms with E-state index in [0.29, 0.717) is 33.6 Å². The quantitative estimate of drug-likeness (QED) is 0.599. The average molecular weight is 384 g/mol. The maximum absolute atomic E-state index is 12.3. The van der Waals surface area contributed by atoms with Crippen LogP contribution in [0.4, 0.5) is 11.4 Å². The van der Waals surface area contributed by atoms with Gasteiger partial charge >= 0.3 is 23.8 Å². The Morgan fingerprint density at radius 1 is 0.607 bits per heavy atom. The SMILES string of the molecule is Cc1cc(C(=O)O)cc(C)c1NC(=O)C(=O)Nc1c(C)cc(C(=O)O)cc1C. The van der Waals surface area contributed by atoms with E-state index in [2.05, 4.69) is 10.6 Å². The molecule has 0 aromatic heterocycles. The molecule has 0 aliphatic heterocycles. The van der Waals surface area contributed by atoms with Crippen LogP contribution in [0, 0.1) is 27.7 Å². The van der Waals surface area contributed by atoms with Gasteiger partial charge < -0.3 is 20.8 Å². The number of aryl methyl sites for hydroxylation is 4. The molecule has 0 aliphatic rings. The Morgan fingerprint density at radius 3 is 1.07 bits per heavy atom. The van der Waals surface area contributed by atoms with Gasteiger partial charge in [-0.15, -0.1) is 0 Å². The number of nitrogens with one attached hydrogen (secondary N) is 2. The van der Waals surface area contributed by atoms with Crippen LogP contribution in [0.1, 0.15) is 43.0 Å². The van der Waals surface area contributed by atoms with Gasteiger partial charge in [-0.25, -0.2) is 9.59 Å². The molecule has 8 heteroatoms. The zero-order valence-corrected chi connectivity index (χ0v) is 15.8. The molecule has 4 N–H and O–H groups in total. The Balaban J connectivity index is 2.22. The normalized spacial score (nSPS) is 10.3. The highest BCUT2D eigenvalue weighted by atomic mass is 16.4. The summed E-state index contributed by atoms with van der Waals surface area (Å²) >= 11 is 0. The minimum absolute atomic E-state index is 0.0854. The first kappa shape index (κ1) is 20.6. The molecular weight excluding hydrogens is 364 g/mol. The van der Waals surface area contributed by atoms with Crippen molar-refractivity contribution in [3.63, 3.8) is 0 Å². The van der Waals surface area contributed by atoms with E-state index in [9.17, 15) is 19.2 Å². The monoisotopic (exact) mass is 384 g/mol. The minimum atomic E-state index is -1.09. The summed E-state index contributed by atoms with van der Waals surface area (Å²) in [5.41, 5.74) is 2.94. The molecule has 2 amide bonds. The van der Waals surface area contributed by atoms with Crippen LogP contribution in [0.15, 0.2) is 24.3 Å². The average Bonchev–Trinajstić information content (AvgIpc) is 2.60. The zero-order valence-electron chi connectivity index (χ0n) is 15.8. The molecule has 8 nitrogen and oxygen atoms in total. The predicted molar refractivity (Wildman–Crippen MR) is 103 cm³/mol. The number of carboxylic acid groups (broad SMARTS) is 2. The summed E-state index contributed by atoms with van der Waals surface area (Å²) in [5.74, 6) is -4.01. The summed E-state index contributed by atoms with van der Waals surface area (Å²) in [7, 11) is 0. The van der Waals surface area contributed by atoms with E-state index in [1.54, 1.807) is 27.7 Å². The second kappa shape index (κ2) is 7.91. The number of carbonyl (C=O) groups excluding carboxylic acids is 2. The van der Waals surface area contributed by atoms with Gasteiger partial charge in [0.2, 0.25) is 0 Å². The van der Waals surface area contributed by atoms with E-state index >= 15 is 0 Å². The fraction of sp³-hybridized carbons (Fsp3) is 0.200. The lowest BCUT2D eigenvalue weighted by molar-refractivity contribution is -0.133. The number of benzene rings is 2. The summed E-state index contributed by atoms with van der Waals surface area (Å²) in [6.07, 6.45) is 0. The molecule has 0 bridgehead atoms. The van der Waals surface area contributed by atoms with Crippen LogP contribution in [0.3, 0.4) is 0 Å². The van der Waals surface area contributed by atoms with Crippen molar-refractivity contribution in [3.8, 4) is 0 Å². The smallest absolute Gasteiger partial charge is 0.335 e. The van der Waals surface area contributed by atoms with Crippen LogP contribution in [0.25, 0.3) is 0 Å². The van der Waals surface area contributed by atoms with Gasteiger partial charge in [0.05, 0.1) is 11.1 Å². The molecule has 2 aromatic carbocycles. The lowest BCUT2D eigenvalue weighted by Crippen LogP contribution is -2.30. The number of anilines is 2. The van der Waals surface area contributed by atoms with E-state index in [1.165, 1.54) is 24.3 Å². The molecule has 0 heterocycles. The maximum Gasteiger partial charge on any atom is 0.335 e. The zero-order chi connectivity index (χ0) is 21.2. The molecule has 0 spiro atoms. The van der Waals surface area contributed by atoms with Crippen LogP contribution in [0.5, 0.6) is 0 Å². The molecule has 0 saturated carbocycles. The van der Waals surface area contributed by atoms with Gasteiger partial charge in [-0.2, -0.15) is 0 Å². The minimum Gasteiger partial charge on any atom is -0.478 e. The van der Waals surface area contributed by atoms with Crippen molar-refractivity contribution in [2.24, 2.45) is 0 Å². The summed E-state index contributed by atoms with van der Waals surface area (Å²) in [6.45, 7) is 6.52. The number of amides is 2. The van der Waals surface area contributed by atoms with Crippen LogP contribution < -0.4 is 10.6 Å². The highest BCUT2D eigenvalue weighted by Gasteiger charge is 2.19. The number of rotatable bonds is 4. The number of aromatic carboxylic acids is 2. The van der Waals surface area contributed by atoms with Gasteiger partial charge in [0.25, 0.3) is 0 Å². The van der Waals surface area contributed by atoms with Gasteiger partial charge in [-0.3, -0.25) is 9.59 Å². The van der Waals surface area contributed by atoms with Gasteiger partial charge in [0.1, 0.15) is 0 Å². The van der Waals surface area contributed by atoms with Crippen molar-refractivity contribution in [1.82, 2.24) is 0 Å². The van der Waals surface area contributed by atoms with Crippen molar-refractivity contribution >= 4 is 35.1 Å². The second-order valence-electron chi connectivity index (χ2n) is 6.49. The van der Waals surface area contributed by atoms with E-state index in [-0.39, 0.29) is 11.1 Å². The summed E-state index contributed by atoms with van der Waals surface area (Å²) < 4.78 is 0. The highest BCUT2D eigenvalue weighted by molar-refractivity contribution is 6.44. The van der Waals surface area contributed by atoms with Crippen LogP contribution in [-0.4, -0.2) is 34.0 Å². The molecule has 2 rings (SSSR count). The van der Waals surface area contributed by atoms with Crippen LogP contribution in [-0.2, 0) is 9.59 Å². The summed E-state index contributed by atoms with van der Waals surface area (Å²) in [4.78, 5) is 46.8. The Hall–Kier alpha value is -3.68. The van der Waals surface area contributed by atoms with Gasteiger partial charge in [0, 0.05) is 11.4 Å². The van der Waals surface area contributed by atoms with Crippen molar-refractivity contribution in [3.05, 3.63) is 57.6 Å². The first-order valence-corrected chi connectivity index (χ1v) is 8.32. The van der Waals surface area contributed by atoms with Crippen molar-refractivity contribution in [2.75, 3.05) is 10.6 Å². The van der Waals surface area contributed by atoms with Gasteiger partial charge in [-0.1, -0.05) is 0 Å². The van der Waals surface area contributed by atoms with E-state index in [4.69, 9.17) is 10.2 Å². The fourth-order valence-corrected chi connectivity index (χ4v) is 2.91.